The van der Waals surface area contributed by atoms with Gasteiger partial charge in [-0.15, -0.1) is 0 Å². The van der Waals surface area contributed by atoms with Crippen molar-refractivity contribution in [3.63, 3.8) is 0 Å². The number of piperazine rings is 1. The van der Waals surface area contributed by atoms with E-state index in [0.717, 1.165) is 11.3 Å². The van der Waals surface area contributed by atoms with E-state index < -0.39 is 5.97 Å². The van der Waals surface area contributed by atoms with Gasteiger partial charge in [0.05, 0.1) is 13.2 Å². The van der Waals surface area contributed by atoms with Crippen molar-refractivity contribution in [3.8, 4) is 5.75 Å². The van der Waals surface area contributed by atoms with E-state index in [4.69, 9.17) is 14.2 Å². The van der Waals surface area contributed by atoms with Crippen LogP contribution in [-0.4, -0.2) is 73.8 Å². The first-order valence-electron chi connectivity index (χ1n) is 9.30. The summed E-state index contributed by atoms with van der Waals surface area (Å²) >= 11 is 0. The fourth-order valence-electron chi connectivity index (χ4n) is 2.63. The zero-order valence-electron chi connectivity index (χ0n) is 16.3. The maximum Gasteiger partial charge on any atom is 0.409 e. The summed E-state index contributed by atoms with van der Waals surface area (Å²) in [4.78, 5) is 38.7. The second-order valence-corrected chi connectivity index (χ2v) is 6.01. The van der Waals surface area contributed by atoms with Crippen molar-refractivity contribution in [1.29, 1.82) is 0 Å². The lowest BCUT2D eigenvalue weighted by Gasteiger charge is -2.33. The highest BCUT2D eigenvalue weighted by Crippen LogP contribution is 2.13. The van der Waals surface area contributed by atoms with Gasteiger partial charge in [-0.3, -0.25) is 4.79 Å². The lowest BCUT2D eigenvalue weighted by atomic mass is 10.2. The van der Waals surface area contributed by atoms with Crippen LogP contribution < -0.4 is 4.74 Å². The zero-order chi connectivity index (χ0) is 20.4. The van der Waals surface area contributed by atoms with Crippen molar-refractivity contribution >= 4 is 24.0 Å². The van der Waals surface area contributed by atoms with Crippen molar-refractivity contribution < 1.29 is 28.6 Å². The molecule has 1 aliphatic rings. The molecular formula is C20H26N2O6. The predicted octanol–water partition coefficient (Wildman–Crippen LogP) is 1.94. The van der Waals surface area contributed by atoms with Gasteiger partial charge in [-0.2, -0.15) is 0 Å². The van der Waals surface area contributed by atoms with Crippen molar-refractivity contribution in [3.05, 3.63) is 35.9 Å². The van der Waals surface area contributed by atoms with Crippen molar-refractivity contribution in [2.24, 2.45) is 0 Å². The molecule has 2 amide bonds. The quantitative estimate of drug-likeness (QED) is 0.523. The monoisotopic (exact) mass is 390 g/mol. The summed E-state index contributed by atoms with van der Waals surface area (Å²) in [6.45, 7) is 5.81. The van der Waals surface area contributed by atoms with Gasteiger partial charge >= 0.3 is 12.1 Å². The highest BCUT2D eigenvalue weighted by atomic mass is 16.6. The maximum atomic E-state index is 12.2. The molecule has 8 nitrogen and oxygen atoms in total. The number of benzene rings is 1. The van der Waals surface area contributed by atoms with Gasteiger partial charge in [-0.25, -0.2) is 9.59 Å². The number of hydrogen-bond donors (Lipinski definition) is 0. The number of nitrogens with zero attached hydrogens (tertiary/aromatic N) is 2. The Labute approximate surface area is 164 Å². The number of rotatable bonds is 7. The van der Waals surface area contributed by atoms with Gasteiger partial charge in [-0.05, 0) is 37.6 Å². The summed E-state index contributed by atoms with van der Waals surface area (Å²) in [5, 5.41) is 0. The Morgan fingerprint density at radius 3 is 2.18 bits per heavy atom. The van der Waals surface area contributed by atoms with Gasteiger partial charge in [0.25, 0.3) is 5.91 Å². The SMILES string of the molecule is CCOC(=O)N1CCN(C(=O)COC(=O)/C=C/c2ccc(OCC)cc2)CC1. The number of carbonyl (C=O) groups excluding carboxylic acids is 3. The predicted molar refractivity (Wildman–Crippen MR) is 103 cm³/mol. The summed E-state index contributed by atoms with van der Waals surface area (Å²) in [7, 11) is 0. The second kappa shape index (κ2) is 11.0. The Balaban J connectivity index is 1.72. The van der Waals surface area contributed by atoms with Crippen molar-refractivity contribution in [2.75, 3.05) is 46.0 Å². The lowest BCUT2D eigenvalue weighted by molar-refractivity contribution is -0.148. The highest BCUT2D eigenvalue weighted by Gasteiger charge is 2.25. The van der Waals surface area contributed by atoms with Crippen LogP contribution in [-0.2, 0) is 19.1 Å². The van der Waals surface area contributed by atoms with Crippen LogP contribution in [0.2, 0.25) is 0 Å². The van der Waals surface area contributed by atoms with Gasteiger partial charge in [0.2, 0.25) is 0 Å². The van der Waals surface area contributed by atoms with Gasteiger partial charge in [-0.1, -0.05) is 12.1 Å². The molecule has 0 aromatic heterocycles. The maximum absolute atomic E-state index is 12.2. The molecule has 0 radical (unpaired) electrons. The fourth-order valence-corrected chi connectivity index (χ4v) is 2.63. The number of esters is 1. The normalized spacial score (nSPS) is 14.1. The van der Waals surface area contributed by atoms with Crippen LogP contribution in [0.1, 0.15) is 19.4 Å². The molecule has 1 aromatic carbocycles. The summed E-state index contributed by atoms with van der Waals surface area (Å²) < 4.78 is 15.3. The Bertz CT molecular complexity index is 693. The van der Waals surface area contributed by atoms with Crippen LogP contribution >= 0.6 is 0 Å². The van der Waals surface area contributed by atoms with E-state index in [2.05, 4.69) is 0 Å². The van der Waals surface area contributed by atoms with E-state index in [1.807, 2.05) is 31.2 Å². The summed E-state index contributed by atoms with van der Waals surface area (Å²) in [5.74, 6) is -0.116. The van der Waals surface area contributed by atoms with Gasteiger partial charge in [0, 0.05) is 32.3 Å². The molecule has 0 N–H and O–H groups in total. The average Bonchev–Trinajstić information content (AvgIpc) is 2.72. The Hall–Kier alpha value is -3.03. The standard InChI is InChI=1S/C20H26N2O6/c1-3-26-17-8-5-16(6-9-17)7-10-19(24)28-15-18(23)21-11-13-22(14-12-21)20(25)27-4-2/h5-10H,3-4,11-15H2,1-2H3/b10-7+. The second-order valence-electron chi connectivity index (χ2n) is 6.01. The molecule has 1 aromatic rings. The smallest absolute Gasteiger partial charge is 0.409 e. The minimum Gasteiger partial charge on any atom is -0.494 e. The number of carbonyl (C=O) groups is 3. The van der Waals surface area contributed by atoms with E-state index in [-0.39, 0.29) is 18.6 Å². The van der Waals surface area contributed by atoms with Crippen LogP contribution in [0.5, 0.6) is 5.75 Å². The minimum absolute atomic E-state index is 0.286. The van der Waals surface area contributed by atoms with E-state index in [0.29, 0.717) is 39.4 Å². The van der Waals surface area contributed by atoms with Crippen LogP contribution in [0, 0.1) is 0 Å². The molecule has 0 atom stereocenters. The Kier molecular flexibility index (Phi) is 8.33. The zero-order valence-corrected chi connectivity index (χ0v) is 16.3. The van der Waals surface area contributed by atoms with E-state index >= 15 is 0 Å². The Morgan fingerprint density at radius 2 is 1.57 bits per heavy atom. The molecule has 152 valence electrons. The lowest BCUT2D eigenvalue weighted by Crippen LogP contribution is -2.51. The van der Waals surface area contributed by atoms with Gasteiger partial charge in [0.15, 0.2) is 6.61 Å². The van der Waals surface area contributed by atoms with Crippen molar-refractivity contribution in [1.82, 2.24) is 9.80 Å². The third-order valence-electron chi connectivity index (χ3n) is 4.10. The Morgan fingerprint density at radius 1 is 0.929 bits per heavy atom. The first-order valence-corrected chi connectivity index (χ1v) is 9.30. The minimum atomic E-state index is -0.590. The molecule has 28 heavy (non-hydrogen) atoms. The molecule has 0 saturated carbocycles. The third kappa shape index (κ3) is 6.61. The topological polar surface area (TPSA) is 85.4 Å². The molecule has 0 aliphatic carbocycles. The third-order valence-corrected chi connectivity index (χ3v) is 4.10. The van der Waals surface area contributed by atoms with Crippen LogP contribution in [0.3, 0.4) is 0 Å². The van der Waals surface area contributed by atoms with E-state index in [1.165, 1.54) is 6.08 Å². The number of amides is 2. The first kappa shape index (κ1) is 21.3. The fraction of sp³-hybridized carbons (Fsp3) is 0.450. The molecule has 8 heteroatoms. The summed E-state index contributed by atoms with van der Waals surface area (Å²) in [6, 6.07) is 7.27. The molecule has 0 unspecified atom stereocenters. The molecule has 2 rings (SSSR count). The van der Waals surface area contributed by atoms with Gasteiger partial charge < -0.3 is 24.0 Å². The largest absolute Gasteiger partial charge is 0.494 e. The van der Waals surface area contributed by atoms with Crippen LogP contribution in [0.4, 0.5) is 4.79 Å². The van der Waals surface area contributed by atoms with Crippen LogP contribution in [0.15, 0.2) is 30.3 Å². The molecule has 1 fully saturated rings. The van der Waals surface area contributed by atoms with E-state index in [9.17, 15) is 14.4 Å². The molecule has 1 aliphatic heterocycles. The first-order chi connectivity index (χ1) is 13.5. The molecule has 1 saturated heterocycles. The van der Waals surface area contributed by atoms with Crippen molar-refractivity contribution in [2.45, 2.75) is 13.8 Å². The van der Waals surface area contributed by atoms with Crippen LogP contribution in [0.25, 0.3) is 6.08 Å². The molecule has 0 spiro atoms. The number of ether oxygens (including phenoxy) is 3. The molecular weight excluding hydrogens is 364 g/mol. The van der Waals surface area contributed by atoms with Gasteiger partial charge in [0.1, 0.15) is 5.75 Å². The average molecular weight is 390 g/mol. The van der Waals surface area contributed by atoms with E-state index in [1.54, 1.807) is 22.8 Å². The molecule has 1 heterocycles. The molecule has 0 bridgehead atoms. The summed E-state index contributed by atoms with van der Waals surface area (Å²) in [6.07, 6.45) is 2.52. The number of hydrogen-bond acceptors (Lipinski definition) is 6. The highest BCUT2D eigenvalue weighted by molar-refractivity contribution is 5.89. The summed E-state index contributed by atoms with van der Waals surface area (Å²) in [5.41, 5.74) is 0.821.